The molecule has 21 heavy (non-hydrogen) atoms. The van der Waals surface area contributed by atoms with Gasteiger partial charge in [-0.25, -0.2) is 4.98 Å². The average Bonchev–Trinajstić information content (AvgIpc) is 2.87. The summed E-state index contributed by atoms with van der Waals surface area (Å²) in [7, 11) is 0. The van der Waals surface area contributed by atoms with E-state index in [4.69, 9.17) is 10.8 Å². The Morgan fingerprint density at radius 2 is 2.00 bits per heavy atom. The van der Waals surface area contributed by atoms with Gasteiger partial charge >= 0.3 is 5.97 Å². The van der Waals surface area contributed by atoms with Crippen LogP contribution in [0, 0.1) is 6.92 Å². The van der Waals surface area contributed by atoms with Crippen molar-refractivity contribution in [2.24, 2.45) is 0 Å². The number of aliphatic carboxylic acids is 1. The van der Waals surface area contributed by atoms with Gasteiger partial charge < -0.3 is 15.7 Å². The number of amides is 1. The maximum Gasteiger partial charge on any atom is 0.305 e. The van der Waals surface area contributed by atoms with Gasteiger partial charge in [0.2, 0.25) is 0 Å². The van der Waals surface area contributed by atoms with Crippen LogP contribution in [-0.2, 0) is 4.79 Å². The van der Waals surface area contributed by atoms with E-state index in [1.165, 1.54) is 16.2 Å². The van der Waals surface area contributed by atoms with Crippen LogP contribution in [0.25, 0.3) is 0 Å². The molecule has 7 heteroatoms. The number of hydrogen-bond donors (Lipinski definition) is 2. The number of thiazole rings is 1. The highest BCUT2D eigenvalue weighted by Crippen LogP contribution is 2.20. The largest absolute Gasteiger partial charge is 0.481 e. The highest BCUT2D eigenvalue weighted by molar-refractivity contribution is 7.13. The number of nitrogens with two attached hydrogens (primary N) is 1. The summed E-state index contributed by atoms with van der Waals surface area (Å²) < 4.78 is 0. The summed E-state index contributed by atoms with van der Waals surface area (Å²) in [6.07, 6.45) is -0.140. The number of carboxylic acid groups (broad SMARTS) is 1. The van der Waals surface area contributed by atoms with Crippen LogP contribution in [0.2, 0.25) is 0 Å². The molecule has 0 aliphatic heterocycles. The van der Waals surface area contributed by atoms with Gasteiger partial charge in [-0.3, -0.25) is 9.59 Å². The van der Waals surface area contributed by atoms with Crippen LogP contribution < -0.4 is 10.6 Å². The molecule has 0 saturated heterocycles. The summed E-state index contributed by atoms with van der Waals surface area (Å²) in [5.74, 6) is -1.31. The number of carboxylic acids is 1. The number of carbonyl (C=O) groups is 2. The van der Waals surface area contributed by atoms with Gasteiger partial charge in [0.25, 0.3) is 5.91 Å². The van der Waals surface area contributed by atoms with Gasteiger partial charge in [-0.05, 0) is 19.1 Å². The van der Waals surface area contributed by atoms with E-state index in [0.29, 0.717) is 10.8 Å². The van der Waals surface area contributed by atoms with Crippen molar-refractivity contribution < 1.29 is 14.7 Å². The van der Waals surface area contributed by atoms with Crippen LogP contribution in [0.1, 0.15) is 22.5 Å². The van der Waals surface area contributed by atoms with E-state index in [-0.39, 0.29) is 24.6 Å². The van der Waals surface area contributed by atoms with Crippen LogP contribution in [0.15, 0.2) is 29.6 Å². The van der Waals surface area contributed by atoms with Crippen molar-refractivity contribution in [1.82, 2.24) is 4.98 Å². The second kappa shape index (κ2) is 6.36. The minimum atomic E-state index is -0.960. The molecule has 1 heterocycles. The third-order valence-electron chi connectivity index (χ3n) is 2.88. The van der Waals surface area contributed by atoms with E-state index < -0.39 is 5.97 Å². The molecule has 110 valence electrons. The summed E-state index contributed by atoms with van der Waals surface area (Å²) in [4.78, 5) is 28.6. The fraction of sp³-hybridized carbons (Fsp3) is 0.214. The molecular formula is C14H15N3O3S. The first-order valence-corrected chi connectivity index (χ1v) is 7.16. The van der Waals surface area contributed by atoms with Gasteiger partial charge in [-0.1, -0.05) is 17.7 Å². The lowest BCUT2D eigenvalue weighted by Gasteiger charge is -2.21. The first-order chi connectivity index (χ1) is 9.97. The van der Waals surface area contributed by atoms with Crippen molar-refractivity contribution in [1.29, 1.82) is 0 Å². The Labute approximate surface area is 125 Å². The zero-order chi connectivity index (χ0) is 15.4. The van der Waals surface area contributed by atoms with Crippen LogP contribution in [0.3, 0.4) is 0 Å². The Balaban J connectivity index is 2.28. The Morgan fingerprint density at radius 1 is 1.33 bits per heavy atom. The van der Waals surface area contributed by atoms with Gasteiger partial charge in [0.05, 0.1) is 6.42 Å². The van der Waals surface area contributed by atoms with Crippen molar-refractivity contribution >= 4 is 34.0 Å². The van der Waals surface area contributed by atoms with Crippen molar-refractivity contribution in [2.75, 3.05) is 17.2 Å². The first-order valence-electron chi connectivity index (χ1n) is 6.28. The molecule has 0 saturated carbocycles. The summed E-state index contributed by atoms with van der Waals surface area (Å²) in [5.41, 5.74) is 7.46. The number of nitrogen functional groups attached to an aromatic ring is 1. The highest BCUT2D eigenvalue weighted by atomic mass is 32.1. The lowest BCUT2D eigenvalue weighted by atomic mass is 10.2. The molecule has 2 aromatic rings. The van der Waals surface area contributed by atoms with E-state index in [0.717, 1.165) is 5.56 Å². The third kappa shape index (κ3) is 3.79. The van der Waals surface area contributed by atoms with Crippen LogP contribution in [0.4, 0.5) is 10.8 Å². The molecule has 0 unspecified atom stereocenters. The molecular weight excluding hydrogens is 290 g/mol. The monoisotopic (exact) mass is 305 g/mol. The molecule has 0 aliphatic rings. The van der Waals surface area contributed by atoms with Crippen molar-refractivity contribution in [3.8, 4) is 0 Å². The normalized spacial score (nSPS) is 10.3. The fourth-order valence-electron chi connectivity index (χ4n) is 1.80. The molecule has 0 spiro atoms. The Bertz CT molecular complexity index is 652. The standard InChI is InChI=1S/C14H15N3O3S/c1-9-2-4-10(5-3-9)17(7-6-12(18)19)13(20)11-8-21-14(15)16-11/h2-5,8H,6-7H2,1H3,(H2,15,16)(H,18,19). The maximum absolute atomic E-state index is 12.5. The van der Waals surface area contributed by atoms with E-state index in [1.54, 1.807) is 17.5 Å². The van der Waals surface area contributed by atoms with E-state index in [2.05, 4.69) is 4.98 Å². The van der Waals surface area contributed by atoms with Crippen molar-refractivity contribution in [3.63, 3.8) is 0 Å². The smallest absolute Gasteiger partial charge is 0.305 e. The molecule has 2 rings (SSSR count). The maximum atomic E-state index is 12.5. The summed E-state index contributed by atoms with van der Waals surface area (Å²) >= 11 is 1.18. The topological polar surface area (TPSA) is 96.5 Å². The molecule has 0 atom stereocenters. The summed E-state index contributed by atoms with van der Waals surface area (Å²) in [6.45, 7) is 2.02. The lowest BCUT2D eigenvalue weighted by Crippen LogP contribution is -2.33. The molecule has 1 aromatic heterocycles. The number of nitrogens with zero attached hydrogens (tertiary/aromatic N) is 2. The zero-order valence-corrected chi connectivity index (χ0v) is 12.3. The Kier molecular flexibility index (Phi) is 4.54. The molecule has 0 fully saturated rings. The summed E-state index contributed by atoms with van der Waals surface area (Å²) in [5, 5.41) is 10.7. The van der Waals surface area contributed by atoms with Crippen molar-refractivity contribution in [2.45, 2.75) is 13.3 Å². The zero-order valence-electron chi connectivity index (χ0n) is 11.4. The number of hydrogen-bond acceptors (Lipinski definition) is 5. The number of benzene rings is 1. The predicted octanol–water partition coefficient (Wildman–Crippen LogP) is 2.16. The van der Waals surface area contributed by atoms with Crippen LogP contribution in [0.5, 0.6) is 0 Å². The highest BCUT2D eigenvalue weighted by Gasteiger charge is 2.20. The number of rotatable bonds is 5. The van der Waals surface area contributed by atoms with E-state index in [9.17, 15) is 9.59 Å². The number of anilines is 2. The van der Waals surface area contributed by atoms with Crippen LogP contribution in [-0.4, -0.2) is 28.5 Å². The molecule has 1 amide bonds. The third-order valence-corrected chi connectivity index (χ3v) is 3.56. The van der Waals surface area contributed by atoms with Crippen molar-refractivity contribution in [3.05, 3.63) is 40.9 Å². The Hall–Kier alpha value is -2.41. The quantitative estimate of drug-likeness (QED) is 0.882. The second-order valence-corrected chi connectivity index (χ2v) is 5.40. The van der Waals surface area contributed by atoms with E-state index >= 15 is 0 Å². The number of aryl methyl sites for hydroxylation is 1. The fourth-order valence-corrected chi connectivity index (χ4v) is 2.34. The SMILES string of the molecule is Cc1ccc(N(CCC(=O)O)C(=O)c2csc(N)n2)cc1. The number of carbonyl (C=O) groups excluding carboxylic acids is 1. The van der Waals surface area contributed by atoms with Gasteiger partial charge in [-0.2, -0.15) is 0 Å². The first kappa shape index (κ1) is 15.0. The molecule has 3 N–H and O–H groups in total. The van der Waals surface area contributed by atoms with Gasteiger partial charge in [0.1, 0.15) is 5.69 Å². The minimum Gasteiger partial charge on any atom is -0.481 e. The number of aromatic nitrogens is 1. The Morgan fingerprint density at radius 3 is 2.52 bits per heavy atom. The minimum absolute atomic E-state index is 0.0780. The van der Waals surface area contributed by atoms with Gasteiger partial charge in [0, 0.05) is 17.6 Å². The molecule has 0 radical (unpaired) electrons. The second-order valence-electron chi connectivity index (χ2n) is 4.51. The van der Waals surface area contributed by atoms with E-state index in [1.807, 2.05) is 19.1 Å². The molecule has 0 aliphatic carbocycles. The molecule has 1 aromatic carbocycles. The lowest BCUT2D eigenvalue weighted by molar-refractivity contribution is -0.136. The molecule has 6 nitrogen and oxygen atoms in total. The summed E-state index contributed by atoms with van der Waals surface area (Å²) in [6, 6.07) is 7.30. The van der Waals surface area contributed by atoms with Gasteiger partial charge in [-0.15, -0.1) is 11.3 Å². The predicted molar refractivity (Wildman–Crippen MR) is 81.6 cm³/mol. The van der Waals surface area contributed by atoms with Gasteiger partial charge in [0.15, 0.2) is 5.13 Å². The average molecular weight is 305 g/mol. The van der Waals surface area contributed by atoms with Crippen LogP contribution >= 0.6 is 11.3 Å². The molecule has 0 bridgehead atoms.